The molecule has 1 aromatic carbocycles. The van der Waals surface area contributed by atoms with Crippen LogP contribution in [0.5, 0.6) is 0 Å². The minimum absolute atomic E-state index is 0.0190. The average molecular weight is 371 g/mol. The number of nitrogens with zero attached hydrogens (tertiary/aromatic N) is 1. The lowest BCUT2D eigenvalue weighted by Crippen LogP contribution is -2.20. The fourth-order valence-electron chi connectivity index (χ4n) is 2.54. The van der Waals surface area contributed by atoms with Crippen molar-refractivity contribution in [3.05, 3.63) is 69.5 Å². The summed E-state index contributed by atoms with van der Waals surface area (Å²) in [6, 6.07) is 7.40. The number of ether oxygens (including phenoxy) is 1. The molecule has 1 aliphatic carbocycles. The number of carbonyl (C=O) groups is 3. The molecule has 0 amide bonds. The Morgan fingerprint density at radius 3 is 2.52 bits per heavy atom. The molecule has 0 spiro atoms. The molecule has 1 aliphatic rings. The normalized spacial score (nSPS) is 14.3. The number of carbonyl (C=O) groups excluding carboxylic acids is 3. The van der Waals surface area contributed by atoms with Crippen LogP contribution in [0, 0.1) is 4.91 Å². The largest absolute Gasteiger partial charge is 0.504 e. The Kier molecular flexibility index (Phi) is 4.95. The van der Waals surface area contributed by atoms with Crippen molar-refractivity contribution < 1.29 is 33.8 Å². The molecule has 3 rings (SSSR count). The van der Waals surface area contributed by atoms with Gasteiger partial charge in [0.15, 0.2) is 23.1 Å². The van der Waals surface area contributed by atoms with E-state index in [1.807, 2.05) is 0 Å². The van der Waals surface area contributed by atoms with E-state index in [9.17, 15) is 29.5 Å². The van der Waals surface area contributed by atoms with Crippen LogP contribution in [0.2, 0.25) is 0 Å². The van der Waals surface area contributed by atoms with E-state index in [1.54, 1.807) is 12.1 Å². The molecule has 1 atom stereocenters. The number of aliphatic hydroxyl groups excluding tert-OH is 2. The predicted molar refractivity (Wildman–Crippen MR) is 90.2 cm³/mol. The van der Waals surface area contributed by atoms with Crippen molar-refractivity contribution in [2.45, 2.75) is 6.10 Å². The van der Waals surface area contributed by atoms with Gasteiger partial charge in [-0.3, -0.25) is 9.59 Å². The van der Waals surface area contributed by atoms with E-state index in [2.05, 4.69) is 9.91 Å². The van der Waals surface area contributed by atoms with Gasteiger partial charge in [-0.2, -0.15) is 4.91 Å². The maximum atomic E-state index is 12.5. The van der Waals surface area contributed by atoms with Crippen molar-refractivity contribution in [3.63, 3.8) is 0 Å². The Balaban J connectivity index is 1.81. The number of hydrogen-bond acceptors (Lipinski definition) is 9. The second kappa shape index (κ2) is 7.34. The highest BCUT2D eigenvalue weighted by atomic mass is 16.5. The van der Waals surface area contributed by atoms with Gasteiger partial charge in [0.2, 0.25) is 5.78 Å². The molecule has 1 heterocycles. The zero-order valence-corrected chi connectivity index (χ0v) is 13.7. The molecule has 0 saturated carbocycles. The van der Waals surface area contributed by atoms with Crippen molar-refractivity contribution >= 4 is 23.3 Å². The fraction of sp³-hybridized carbons (Fsp3) is 0.167. The van der Waals surface area contributed by atoms with Crippen molar-refractivity contribution in [2.75, 3.05) is 13.2 Å². The lowest BCUT2D eigenvalue weighted by atomic mass is 9.88. The van der Waals surface area contributed by atoms with Gasteiger partial charge >= 0.3 is 5.97 Å². The lowest BCUT2D eigenvalue weighted by Gasteiger charge is -2.11. The summed E-state index contributed by atoms with van der Waals surface area (Å²) in [5, 5.41) is 21.7. The quantitative estimate of drug-likeness (QED) is 0.288. The number of esters is 1. The van der Waals surface area contributed by atoms with Crippen LogP contribution < -0.4 is 0 Å². The SMILES string of the molecule is O=NCC(O)COC(=O)/C=C(\O)c1cc2c(o1)C(=O)c1ccccc1C2=O. The molecular weight excluding hydrogens is 358 g/mol. The molecule has 27 heavy (non-hydrogen) atoms. The van der Waals surface area contributed by atoms with Gasteiger partial charge in [-0.15, -0.1) is 0 Å². The van der Waals surface area contributed by atoms with Crippen LogP contribution in [0.1, 0.15) is 37.8 Å². The molecular formula is C18H13NO8. The molecule has 0 radical (unpaired) electrons. The number of fused-ring (bicyclic) bond motifs is 2. The van der Waals surface area contributed by atoms with Gasteiger partial charge in [0.05, 0.1) is 11.6 Å². The number of ketones is 2. The van der Waals surface area contributed by atoms with E-state index >= 15 is 0 Å². The number of hydrogen-bond donors (Lipinski definition) is 2. The highest BCUT2D eigenvalue weighted by Gasteiger charge is 2.34. The summed E-state index contributed by atoms with van der Waals surface area (Å²) in [7, 11) is 0. The number of aliphatic hydroxyl groups is 2. The topological polar surface area (TPSA) is 143 Å². The first-order valence-corrected chi connectivity index (χ1v) is 7.79. The Hall–Kier alpha value is -3.59. The third-order valence-electron chi connectivity index (χ3n) is 3.81. The molecule has 0 aliphatic heterocycles. The lowest BCUT2D eigenvalue weighted by molar-refractivity contribution is -0.140. The highest BCUT2D eigenvalue weighted by molar-refractivity contribution is 6.27. The first-order valence-electron chi connectivity index (χ1n) is 7.79. The molecule has 9 nitrogen and oxygen atoms in total. The number of nitroso groups, excluding NO2 is 1. The Labute approximate surface area is 151 Å². The zero-order valence-electron chi connectivity index (χ0n) is 13.7. The second-order valence-corrected chi connectivity index (χ2v) is 5.68. The fourth-order valence-corrected chi connectivity index (χ4v) is 2.54. The monoisotopic (exact) mass is 371 g/mol. The molecule has 0 bridgehead atoms. The van der Waals surface area contributed by atoms with Crippen LogP contribution in [0.25, 0.3) is 5.76 Å². The maximum absolute atomic E-state index is 12.5. The standard InChI is InChI=1S/C18H13NO8/c20-9(7-19-25)8-26-15(22)6-13(21)14-5-12-16(23)10-3-1-2-4-11(10)17(24)18(12)27-14/h1-6,9,20-21H,7-8H2/b13-6-. The maximum Gasteiger partial charge on any atom is 0.334 e. The number of rotatable bonds is 6. The molecule has 0 fully saturated rings. The Morgan fingerprint density at radius 1 is 1.19 bits per heavy atom. The third kappa shape index (κ3) is 3.53. The van der Waals surface area contributed by atoms with E-state index in [0.717, 1.165) is 6.07 Å². The van der Waals surface area contributed by atoms with Crippen molar-refractivity contribution in [1.29, 1.82) is 0 Å². The van der Waals surface area contributed by atoms with E-state index in [4.69, 9.17) is 4.42 Å². The molecule has 0 saturated heterocycles. The third-order valence-corrected chi connectivity index (χ3v) is 3.81. The zero-order chi connectivity index (χ0) is 19.6. The Morgan fingerprint density at radius 2 is 1.85 bits per heavy atom. The first kappa shape index (κ1) is 18.2. The number of furan rings is 1. The molecule has 138 valence electrons. The van der Waals surface area contributed by atoms with Gasteiger partial charge in [-0.25, -0.2) is 4.79 Å². The van der Waals surface area contributed by atoms with Crippen LogP contribution in [-0.2, 0) is 9.53 Å². The van der Waals surface area contributed by atoms with Crippen LogP contribution in [0.15, 0.2) is 46.0 Å². The molecule has 1 aromatic heterocycles. The van der Waals surface area contributed by atoms with Crippen molar-refractivity contribution in [2.24, 2.45) is 5.18 Å². The summed E-state index contributed by atoms with van der Waals surface area (Å²) >= 11 is 0. The van der Waals surface area contributed by atoms with Crippen molar-refractivity contribution in [3.8, 4) is 0 Å². The summed E-state index contributed by atoms with van der Waals surface area (Å²) in [5.74, 6) is -3.12. The smallest absolute Gasteiger partial charge is 0.334 e. The average Bonchev–Trinajstić information content (AvgIpc) is 3.11. The van der Waals surface area contributed by atoms with Crippen LogP contribution in [0.3, 0.4) is 0 Å². The van der Waals surface area contributed by atoms with Gasteiger partial charge in [-0.05, 0) is 6.07 Å². The van der Waals surface area contributed by atoms with Crippen LogP contribution >= 0.6 is 0 Å². The summed E-state index contributed by atoms with van der Waals surface area (Å²) in [6.45, 7) is -0.937. The summed E-state index contributed by atoms with van der Waals surface area (Å²) in [4.78, 5) is 46.5. The Bertz CT molecular complexity index is 919. The molecule has 9 heteroatoms. The second-order valence-electron chi connectivity index (χ2n) is 5.68. The molecule has 2 N–H and O–H groups in total. The summed E-state index contributed by atoms with van der Waals surface area (Å²) in [5.41, 5.74) is 0.397. The van der Waals surface area contributed by atoms with E-state index in [-0.39, 0.29) is 28.2 Å². The first-order chi connectivity index (χ1) is 12.9. The predicted octanol–water partition coefficient (Wildman–Crippen LogP) is 1.62. The summed E-state index contributed by atoms with van der Waals surface area (Å²) < 4.78 is 9.91. The highest BCUT2D eigenvalue weighted by Crippen LogP contribution is 2.31. The van der Waals surface area contributed by atoms with Gasteiger partial charge in [-0.1, -0.05) is 29.4 Å². The van der Waals surface area contributed by atoms with Crippen LogP contribution in [0.4, 0.5) is 0 Å². The van der Waals surface area contributed by atoms with E-state index < -0.39 is 42.6 Å². The molecule has 2 aromatic rings. The number of benzene rings is 1. The van der Waals surface area contributed by atoms with E-state index in [1.165, 1.54) is 12.1 Å². The van der Waals surface area contributed by atoms with Gasteiger partial charge in [0.25, 0.3) is 0 Å². The summed E-state index contributed by atoms with van der Waals surface area (Å²) in [6.07, 6.45) is -0.598. The van der Waals surface area contributed by atoms with E-state index in [0.29, 0.717) is 6.08 Å². The minimum atomic E-state index is -1.26. The van der Waals surface area contributed by atoms with Gasteiger partial charge in [0, 0.05) is 11.1 Å². The minimum Gasteiger partial charge on any atom is -0.504 e. The van der Waals surface area contributed by atoms with Crippen LogP contribution in [-0.4, -0.2) is 47.0 Å². The van der Waals surface area contributed by atoms with Crippen molar-refractivity contribution in [1.82, 2.24) is 0 Å². The molecule has 1 unspecified atom stereocenters. The van der Waals surface area contributed by atoms with Gasteiger partial charge < -0.3 is 19.4 Å². The van der Waals surface area contributed by atoms with Gasteiger partial charge in [0.1, 0.15) is 19.3 Å².